The van der Waals surface area contributed by atoms with E-state index in [1.165, 1.54) is 23.3 Å². The van der Waals surface area contributed by atoms with E-state index < -0.39 is 11.7 Å². The van der Waals surface area contributed by atoms with Crippen LogP contribution in [0.5, 0.6) is 5.75 Å². The Bertz CT molecular complexity index is 1120. The Morgan fingerprint density at radius 2 is 1.85 bits per heavy atom. The maximum atomic E-state index is 12.7. The molecule has 0 amide bonds. The average molecular weight is 474 g/mol. The Morgan fingerprint density at radius 3 is 2.50 bits per heavy atom. The first-order valence-electron chi connectivity index (χ1n) is 11.6. The number of aryl methyl sites for hydroxylation is 2. The minimum atomic E-state index is -4.38. The molecule has 4 nitrogen and oxygen atoms in total. The molecule has 0 bridgehead atoms. The first kappa shape index (κ1) is 25.5. The van der Waals surface area contributed by atoms with Crippen LogP contribution >= 0.6 is 0 Å². The van der Waals surface area contributed by atoms with Crippen LogP contribution in [0.4, 0.5) is 13.2 Å². The molecule has 0 spiro atoms. The number of nitrogens with zero attached hydrogens (tertiary/aromatic N) is 1. The highest BCUT2D eigenvalue weighted by atomic mass is 19.4. The SMILES string of the molecule is CC.CC(=O)C[C@@H]1CCc2cc(OCCc3oc(-c4ccc(C(F)(F)F)cc4)nc3C)ccc21. The van der Waals surface area contributed by atoms with Crippen molar-refractivity contribution in [3.8, 4) is 17.2 Å². The normalized spacial score (nSPS) is 14.9. The third kappa shape index (κ3) is 6.07. The van der Waals surface area contributed by atoms with Crippen molar-refractivity contribution in [3.63, 3.8) is 0 Å². The molecule has 0 radical (unpaired) electrons. The lowest BCUT2D eigenvalue weighted by Crippen LogP contribution is -2.03. The van der Waals surface area contributed by atoms with E-state index in [0.717, 1.165) is 30.7 Å². The lowest BCUT2D eigenvalue weighted by Gasteiger charge is -2.11. The highest BCUT2D eigenvalue weighted by molar-refractivity contribution is 5.76. The third-order valence-electron chi connectivity index (χ3n) is 5.80. The topological polar surface area (TPSA) is 52.3 Å². The number of ketones is 1. The highest BCUT2D eigenvalue weighted by Gasteiger charge is 2.30. The molecule has 2 aromatic carbocycles. The number of rotatable bonds is 7. The zero-order valence-electron chi connectivity index (χ0n) is 20.0. The maximum absolute atomic E-state index is 12.7. The summed E-state index contributed by atoms with van der Waals surface area (Å²) in [7, 11) is 0. The van der Waals surface area contributed by atoms with Crippen molar-refractivity contribution in [2.45, 2.75) is 65.5 Å². The smallest absolute Gasteiger partial charge is 0.416 e. The standard InChI is InChI=1S/C25H24F3NO3.C2H6/c1-15(30)13-18-3-4-19-14-21(9-10-22(18)19)31-12-11-23-16(2)29-24(32-23)17-5-7-20(8-6-17)25(26,27)28;1-2/h5-10,14,18H,3-4,11-13H2,1-2H3;1-2H3/t18-;/m0./s1. The van der Waals surface area contributed by atoms with Gasteiger partial charge < -0.3 is 13.9 Å². The van der Waals surface area contributed by atoms with Gasteiger partial charge in [0.25, 0.3) is 0 Å². The molecule has 1 heterocycles. The molecule has 0 fully saturated rings. The lowest BCUT2D eigenvalue weighted by molar-refractivity contribution is -0.137. The van der Waals surface area contributed by atoms with Crippen molar-refractivity contribution in [1.29, 1.82) is 0 Å². The van der Waals surface area contributed by atoms with Crippen molar-refractivity contribution < 1.29 is 27.1 Å². The largest absolute Gasteiger partial charge is 0.493 e. The summed E-state index contributed by atoms with van der Waals surface area (Å²) in [6.45, 7) is 7.82. The van der Waals surface area contributed by atoms with Crippen LogP contribution in [0.1, 0.15) is 67.7 Å². The molecule has 0 saturated heterocycles. The molecule has 1 atom stereocenters. The minimum absolute atomic E-state index is 0.210. The summed E-state index contributed by atoms with van der Waals surface area (Å²) in [4.78, 5) is 15.8. The van der Waals surface area contributed by atoms with Gasteiger partial charge in [0.15, 0.2) is 0 Å². The van der Waals surface area contributed by atoms with Crippen LogP contribution in [0.15, 0.2) is 46.9 Å². The van der Waals surface area contributed by atoms with Gasteiger partial charge in [-0.3, -0.25) is 0 Å². The van der Waals surface area contributed by atoms with Crippen LogP contribution in [-0.4, -0.2) is 17.4 Å². The maximum Gasteiger partial charge on any atom is 0.416 e. The number of aromatic nitrogens is 1. The molecular weight excluding hydrogens is 443 g/mol. The number of hydrogen-bond acceptors (Lipinski definition) is 4. The third-order valence-corrected chi connectivity index (χ3v) is 5.80. The van der Waals surface area contributed by atoms with Gasteiger partial charge in [-0.25, -0.2) is 4.98 Å². The fourth-order valence-electron chi connectivity index (χ4n) is 4.18. The number of halogens is 3. The van der Waals surface area contributed by atoms with Gasteiger partial charge in [0.05, 0.1) is 17.9 Å². The summed E-state index contributed by atoms with van der Waals surface area (Å²) in [6.07, 6.45) is -1.37. The van der Waals surface area contributed by atoms with E-state index in [9.17, 15) is 18.0 Å². The van der Waals surface area contributed by atoms with E-state index in [1.54, 1.807) is 13.8 Å². The summed E-state index contributed by atoms with van der Waals surface area (Å²) < 4.78 is 49.9. The van der Waals surface area contributed by atoms with Crippen LogP contribution in [0.3, 0.4) is 0 Å². The molecule has 7 heteroatoms. The van der Waals surface area contributed by atoms with E-state index in [4.69, 9.17) is 9.15 Å². The van der Waals surface area contributed by atoms with Gasteiger partial charge in [-0.1, -0.05) is 19.9 Å². The molecule has 34 heavy (non-hydrogen) atoms. The molecule has 1 aliphatic carbocycles. The number of fused-ring (bicyclic) bond motifs is 1. The van der Waals surface area contributed by atoms with E-state index >= 15 is 0 Å². The molecule has 0 unspecified atom stereocenters. The van der Waals surface area contributed by atoms with Gasteiger partial charge in [-0.15, -0.1) is 0 Å². The highest BCUT2D eigenvalue weighted by Crippen LogP contribution is 2.37. The number of hydrogen-bond donors (Lipinski definition) is 0. The average Bonchev–Trinajstić information content (AvgIpc) is 3.37. The van der Waals surface area contributed by atoms with Crippen LogP contribution in [-0.2, 0) is 23.8 Å². The molecule has 182 valence electrons. The van der Waals surface area contributed by atoms with Gasteiger partial charge >= 0.3 is 6.18 Å². The van der Waals surface area contributed by atoms with Gasteiger partial charge in [-0.2, -0.15) is 13.2 Å². The predicted octanol–water partition coefficient (Wildman–Crippen LogP) is 7.33. The van der Waals surface area contributed by atoms with Crippen LogP contribution in [0.2, 0.25) is 0 Å². The van der Waals surface area contributed by atoms with Crippen LogP contribution in [0, 0.1) is 6.92 Å². The molecule has 0 saturated carbocycles. The van der Waals surface area contributed by atoms with Gasteiger partial charge in [0.1, 0.15) is 17.3 Å². The van der Waals surface area contributed by atoms with Gasteiger partial charge in [0.2, 0.25) is 5.89 Å². The number of carbonyl (C=O) groups is 1. The monoisotopic (exact) mass is 473 g/mol. The van der Waals surface area contributed by atoms with E-state index in [-0.39, 0.29) is 5.78 Å². The molecular formula is C27H30F3NO3. The Balaban J connectivity index is 0.00000158. The number of ether oxygens (including phenoxy) is 1. The molecule has 0 N–H and O–H groups in total. The second-order valence-electron chi connectivity index (χ2n) is 8.20. The fraction of sp³-hybridized carbons (Fsp3) is 0.407. The Morgan fingerprint density at radius 1 is 1.15 bits per heavy atom. The summed E-state index contributed by atoms with van der Waals surface area (Å²) in [5, 5.41) is 0. The molecule has 1 aliphatic rings. The number of benzene rings is 2. The van der Waals surface area contributed by atoms with Crippen molar-refractivity contribution in [2.75, 3.05) is 6.61 Å². The molecule has 0 aliphatic heterocycles. The van der Waals surface area contributed by atoms with Crippen LogP contribution in [0.25, 0.3) is 11.5 Å². The Kier molecular flexibility index (Phi) is 8.18. The number of Topliss-reactive ketones (excluding diaryl/α,β-unsaturated/α-hetero) is 1. The van der Waals surface area contributed by atoms with Crippen molar-refractivity contribution in [2.24, 2.45) is 0 Å². The number of carbonyl (C=O) groups excluding carboxylic acids is 1. The van der Waals surface area contributed by atoms with E-state index in [2.05, 4.69) is 4.98 Å². The second-order valence-corrected chi connectivity index (χ2v) is 8.20. The van der Waals surface area contributed by atoms with Crippen molar-refractivity contribution in [3.05, 3.63) is 70.6 Å². The number of alkyl halides is 3. The summed E-state index contributed by atoms with van der Waals surface area (Å²) in [5.74, 6) is 2.22. The fourth-order valence-corrected chi connectivity index (χ4v) is 4.18. The van der Waals surface area contributed by atoms with E-state index in [0.29, 0.717) is 48.3 Å². The minimum Gasteiger partial charge on any atom is -0.493 e. The van der Waals surface area contributed by atoms with Crippen molar-refractivity contribution >= 4 is 5.78 Å². The quantitative estimate of drug-likeness (QED) is 0.361. The summed E-state index contributed by atoms with van der Waals surface area (Å²) in [5.41, 5.74) is 2.94. The molecule has 1 aromatic heterocycles. The first-order chi connectivity index (χ1) is 16.2. The summed E-state index contributed by atoms with van der Waals surface area (Å²) >= 11 is 0. The number of oxazole rings is 1. The lowest BCUT2D eigenvalue weighted by atomic mass is 9.96. The first-order valence-corrected chi connectivity index (χ1v) is 11.6. The van der Waals surface area contributed by atoms with Gasteiger partial charge in [-0.05, 0) is 80.1 Å². The van der Waals surface area contributed by atoms with E-state index in [1.807, 2.05) is 32.0 Å². The zero-order chi connectivity index (χ0) is 24.9. The Labute approximate surface area is 198 Å². The zero-order valence-corrected chi connectivity index (χ0v) is 20.0. The van der Waals surface area contributed by atoms with Crippen LogP contribution < -0.4 is 4.74 Å². The second kappa shape index (κ2) is 10.9. The Hall–Kier alpha value is -3.09. The molecule has 3 aromatic rings. The molecule has 4 rings (SSSR count). The van der Waals surface area contributed by atoms with Gasteiger partial charge in [0, 0.05) is 18.4 Å². The summed E-state index contributed by atoms with van der Waals surface area (Å²) in [6, 6.07) is 10.8. The predicted molar refractivity (Wildman–Crippen MR) is 125 cm³/mol. The van der Waals surface area contributed by atoms with Crippen molar-refractivity contribution in [1.82, 2.24) is 4.98 Å².